The van der Waals surface area contributed by atoms with Gasteiger partial charge in [-0.05, 0) is 25.0 Å². The van der Waals surface area contributed by atoms with E-state index in [2.05, 4.69) is 5.32 Å². The van der Waals surface area contributed by atoms with Gasteiger partial charge in [-0.2, -0.15) is 0 Å². The fourth-order valence-corrected chi connectivity index (χ4v) is 2.09. The topological polar surface area (TPSA) is 38.3 Å². The molecule has 3 nitrogen and oxygen atoms in total. The Bertz CT molecular complexity index is 355. The minimum absolute atomic E-state index is 0.0165. The Morgan fingerprint density at radius 1 is 1.28 bits per heavy atom. The van der Waals surface area contributed by atoms with E-state index in [9.17, 15) is 4.79 Å². The molecule has 0 saturated heterocycles. The highest BCUT2D eigenvalue weighted by molar-refractivity contribution is 6.18. The Balaban J connectivity index is 2.46. The Morgan fingerprint density at radius 3 is 2.39 bits per heavy atom. The number of rotatable bonds is 7. The minimum Gasteiger partial charge on any atom is -0.484 e. The molecular formula is C14H20ClNO2. The number of alkyl halides is 1. The standard InChI is InChI=1S/C14H20ClNO2/c1-3-14(4-2,11-15)16-13(17)10-18-12-8-6-5-7-9-12/h5-9H,3-4,10-11H2,1-2H3,(H,16,17). The van der Waals surface area contributed by atoms with Crippen molar-refractivity contribution in [2.75, 3.05) is 12.5 Å². The maximum Gasteiger partial charge on any atom is 0.258 e. The summed E-state index contributed by atoms with van der Waals surface area (Å²) in [6.45, 7) is 4.05. The number of hydrogen-bond acceptors (Lipinski definition) is 2. The molecular weight excluding hydrogens is 250 g/mol. The molecule has 0 fully saturated rings. The third kappa shape index (κ3) is 4.22. The highest BCUT2D eigenvalue weighted by Crippen LogP contribution is 2.17. The molecule has 0 radical (unpaired) electrons. The first-order valence-electron chi connectivity index (χ1n) is 6.20. The summed E-state index contributed by atoms with van der Waals surface area (Å²) in [6.07, 6.45) is 1.62. The molecule has 0 aromatic heterocycles. The number of nitrogens with one attached hydrogen (secondary N) is 1. The molecule has 1 amide bonds. The summed E-state index contributed by atoms with van der Waals surface area (Å²) in [6, 6.07) is 9.28. The monoisotopic (exact) mass is 269 g/mol. The van der Waals surface area contributed by atoms with Crippen LogP contribution >= 0.6 is 11.6 Å². The van der Waals surface area contributed by atoms with E-state index in [1.165, 1.54) is 0 Å². The summed E-state index contributed by atoms with van der Waals surface area (Å²) < 4.78 is 5.39. The van der Waals surface area contributed by atoms with Gasteiger partial charge in [0.15, 0.2) is 6.61 Å². The van der Waals surface area contributed by atoms with Gasteiger partial charge in [-0.3, -0.25) is 4.79 Å². The summed E-state index contributed by atoms with van der Waals surface area (Å²) in [7, 11) is 0. The highest BCUT2D eigenvalue weighted by Gasteiger charge is 2.26. The van der Waals surface area contributed by atoms with Crippen molar-refractivity contribution in [3.8, 4) is 5.75 Å². The van der Waals surface area contributed by atoms with Crippen molar-refractivity contribution in [3.05, 3.63) is 30.3 Å². The van der Waals surface area contributed by atoms with Crippen molar-refractivity contribution < 1.29 is 9.53 Å². The van der Waals surface area contributed by atoms with Crippen LogP contribution in [0.4, 0.5) is 0 Å². The van der Waals surface area contributed by atoms with Gasteiger partial charge >= 0.3 is 0 Å². The predicted molar refractivity (Wildman–Crippen MR) is 74.1 cm³/mol. The second-order valence-electron chi connectivity index (χ2n) is 4.27. The molecule has 0 atom stereocenters. The Kier molecular flexibility index (Phi) is 5.99. The van der Waals surface area contributed by atoms with Crippen LogP contribution in [0.2, 0.25) is 0 Å². The molecule has 0 aliphatic heterocycles. The van der Waals surface area contributed by atoms with Gasteiger partial charge in [-0.15, -0.1) is 11.6 Å². The predicted octanol–water partition coefficient (Wildman–Crippen LogP) is 2.98. The number of carbonyl (C=O) groups excluding carboxylic acids is 1. The fourth-order valence-electron chi connectivity index (χ4n) is 1.65. The lowest BCUT2D eigenvalue weighted by molar-refractivity contribution is -0.124. The van der Waals surface area contributed by atoms with Crippen LogP contribution in [0.3, 0.4) is 0 Å². The molecule has 0 aliphatic rings. The number of ether oxygens (including phenoxy) is 1. The van der Waals surface area contributed by atoms with Crippen molar-refractivity contribution in [2.24, 2.45) is 0 Å². The van der Waals surface area contributed by atoms with Crippen LogP contribution in [-0.4, -0.2) is 23.9 Å². The molecule has 4 heteroatoms. The van der Waals surface area contributed by atoms with E-state index >= 15 is 0 Å². The van der Waals surface area contributed by atoms with Crippen molar-refractivity contribution >= 4 is 17.5 Å². The lowest BCUT2D eigenvalue weighted by Gasteiger charge is -2.30. The molecule has 0 saturated carbocycles. The number of hydrogen-bond donors (Lipinski definition) is 1. The summed E-state index contributed by atoms with van der Waals surface area (Å²) in [5.74, 6) is 0.970. The molecule has 1 aromatic carbocycles. The number of carbonyl (C=O) groups is 1. The van der Waals surface area contributed by atoms with Gasteiger partial charge in [0.05, 0.1) is 5.54 Å². The Hall–Kier alpha value is -1.22. The molecule has 0 heterocycles. The lowest BCUT2D eigenvalue weighted by atomic mass is 9.95. The number of halogens is 1. The zero-order valence-electron chi connectivity index (χ0n) is 10.9. The van der Waals surface area contributed by atoms with Gasteiger partial charge in [-0.25, -0.2) is 0 Å². The van der Waals surface area contributed by atoms with E-state index < -0.39 is 0 Å². The molecule has 0 spiro atoms. The number of amides is 1. The smallest absolute Gasteiger partial charge is 0.258 e. The molecule has 0 unspecified atom stereocenters. The quantitative estimate of drug-likeness (QED) is 0.773. The average molecular weight is 270 g/mol. The van der Waals surface area contributed by atoms with Crippen LogP contribution in [0.25, 0.3) is 0 Å². The van der Waals surface area contributed by atoms with Crippen LogP contribution in [-0.2, 0) is 4.79 Å². The van der Waals surface area contributed by atoms with Crippen LogP contribution < -0.4 is 10.1 Å². The van der Waals surface area contributed by atoms with Crippen LogP contribution in [0.5, 0.6) is 5.75 Å². The van der Waals surface area contributed by atoms with Crippen molar-refractivity contribution in [1.82, 2.24) is 5.32 Å². The maximum atomic E-state index is 11.8. The van der Waals surface area contributed by atoms with Crippen molar-refractivity contribution in [1.29, 1.82) is 0 Å². The molecule has 0 bridgehead atoms. The molecule has 0 aliphatic carbocycles. The van der Waals surface area contributed by atoms with Crippen LogP contribution in [0.1, 0.15) is 26.7 Å². The largest absolute Gasteiger partial charge is 0.484 e. The highest BCUT2D eigenvalue weighted by atomic mass is 35.5. The molecule has 1 aromatic rings. The number of para-hydroxylation sites is 1. The van der Waals surface area contributed by atoms with Gasteiger partial charge in [0.1, 0.15) is 5.75 Å². The second-order valence-corrected chi connectivity index (χ2v) is 4.54. The van der Waals surface area contributed by atoms with E-state index in [1.807, 2.05) is 44.2 Å². The summed E-state index contributed by atoms with van der Waals surface area (Å²) in [5, 5.41) is 2.95. The van der Waals surface area contributed by atoms with E-state index in [-0.39, 0.29) is 18.1 Å². The molecule has 18 heavy (non-hydrogen) atoms. The third-order valence-corrected chi connectivity index (χ3v) is 3.64. The normalized spacial score (nSPS) is 11.1. The van der Waals surface area contributed by atoms with E-state index in [0.717, 1.165) is 12.8 Å². The van der Waals surface area contributed by atoms with Crippen LogP contribution in [0.15, 0.2) is 30.3 Å². The van der Waals surface area contributed by atoms with Gasteiger partial charge in [-0.1, -0.05) is 32.0 Å². The SMILES string of the molecule is CCC(CC)(CCl)NC(=O)COc1ccccc1. The summed E-state index contributed by atoms with van der Waals surface area (Å²) in [5.41, 5.74) is -0.321. The summed E-state index contributed by atoms with van der Waals surface area (Å²) >= 11 is 5.93. The maximum absolute atomic E-state index is 11.8. The number of benzene rings is 1. The van der Waals surface area contributed by atoms with E-state index in [4.69, 9.17) is 16.3 Å². The minimum atomic E-state index is -0.321. The van der Waals surface area contributed by atoms with Crippen LogP contribution in [0, 0.1) is 0 Å². The molecule has 1 N–H and O–H groups in total. The third-order valence-electron chi connectivity index (χ3n) is 3.13. The first-order chi connectivity index (χ1) is 8.65. The fraction of sp³-hybridized carbons (Fsp3) is 0.500. The van der Waals surface area contributed by atoms with E-state index in [1.54, 1.807) is 0 Å². The zero-order valence-corrected chi connectivity index (χ0v) is 11.7. The summed E-state index contributed by atoms with van der Waals surface area (Å²) in [4.78, 5) is 11.8. The molecule has 1 rings (SSSR count). The van der Waals surface area contributed by atoms with Gasteiger partial charge in [0.25, 0.3) is 5.91 Å². The second kappa shape index (κ2) is 7.27. The first kappa shape index (κ1) is 14.8. The Labute approximate surface area is 113 Å². The van der Waals surface area contributed by atoms with E-state index in [0.29, 0.717) is 11.6 Å². The molecule has 100 valence electrons. The van der Waals surface area contributed by atoms with Crippen molar-refractivity contribution in [2.45, 2.75) is 32.2 Å². The lowest BCUT2D eigenvalue weighted by Crippen LogP contribution is -2.50. The Morgan fingerprint density at radius 2 is 1.89 bits per heavy atom. The average Bonchev–Trinajstić information content (AvgIpc) is 2.44. The van der Waals surface area contributed by atoms with Gasteiger partial charge in [0, 0.05) is 5.88 Å². The van der Waals surface area contributed by atoms with Gasteiger partial charge in [0.2, 0.25) is 0 Å². The van der Waals surface area contributed by atoms with Crippen molar-refractivity contribution in [3.63, 3.8) is 0 Å². The van der Waals surface area contributed by atoms with Gasteiger partial charge < -0.3 is 10.1 Å². The zero-order chi connectivity index (χ0) is 13.4. The first-order valence-corrected chi connectivity index (χ1v) is 6.74.